The molecule has 1 aliphatic heterocycles. The summed E-state index contributed by atoms with van der Waals surface area (Å²) in [5.41, 5.74) is 0. The van der Waals surface area contributed by atoms with Gasteiger partial charge in [-0.05, 0) is 51.1 Å². The van der Waals surface area contributed by atoms with Crippen molar-refractivity contribution in [3.63, 3.8) is 0 Å². The minimum atomic E-state index is -0.0786. The van der Waals surface area contributed by atoms with Gasteiger partial charge in [-0.1, -0.05) is 20.8 Å². The molecule has 0 radical (unpaired) electrons. The monoisotopic (exact) mass is 213 g/mol. The molecule has 2 unspecified atom stereocenters. The van der Waals surface area contributed by atoms with Crippen LogP contribution in [0.25, 0.3) is 0 Å². The van der Waals surface area contributed by atoms with Gasteiger partial charge in [-0.15, -0.1) is 0 Å². The SMILES string of the molecule is CCC(O)CCCN1CCCC1C(C)C. The van der Waals surface area contributed by atoms with Gasteiger partial charge in [0.1, 0.15) is 0 Å². The molecular weight excluding hydrogens is 186 g/mol. The van der Waals surface area contributed by atoms with Gasteiger partial charge in [-0.2, -0.15) is 0 Å². The first-order valence-corrected chi connectivity index (χ1v) is 6.57. The van der Waals surface area contributed by atoms with Gasteiger partial charge >= 0.3 is 0 Å². The van der Waals surface area contributed by atoms with Crippen LogP contribution in [0.1, 0.15) is 52.9 Å². The molecule has 1 rings (SSSR count). The van der Waals surface area contributed by atoms with Crippen LogP contribution in [-0.2, 0) is 0 Å². The highest BCUT2D eigenvalue weighted by atomic mass is 16.3. The summed E-state index contributed by atoms with van der Waals surface area (Å²) >= 11 is 0. The fourth-order valence-corrected chi connectivity index (χ4v) is 2.62. The Balaban J connectivity index is 2.20. The van der Waals surface area contributed by atoms with Gasteiger partial charge in [0.25, 0.3) is 0 Å². The van der Waals surface area contributed by atoms with Crippen LogP contribution in [0.3, 0.4) is 0 Å². The fourth-order valence-electron chi connectivity index (χ4n) is 2.62. The highest BCUT2D eigenvalue weighted by Gasteiger charge is 2.26. The third-order valence-corrected chi connectivity index (χ3v) is 3.64. The van der Waals surface area contributed by atoms with E-state index in [4.69, 9.17) is 0 Å². The molecule has 0 aromatic heterocycles. The molecule has 1 N–H and O–H groups in total. The third kappa shape index (κ3) is 4.12. The van der Waals surface area contributed by atoms with Crippen LogP contribution in [0.4, 0.5) is 0 Å². The zero-order valence-electron chi connectivity index (χ0n) is 10.6. The van der Waals surface area contributed by atoms with Gasteiger partial charge in [0.15, 0.2) is 0 Å². The molecule has 1 saturated heterocycles. The van der Waals surface area contributed by atoms with Gasteiger partial charge in [-0.25, -0.2) is 0 Å². The maximum Gasteiger partial charge on any atom is 0.0538 e. The second kappa shape index (κ2) is 6.49. The lowest BCUT2D eigenvalue weighted by molar-refractivity contribution is 0.142. The zero-order chi connectivity index (χ0) is 11.3. The number of nitrogens with zero attached hydrogens (tertiary/aromatic N) is 1. The number of hydrogen-bond donors (Lipinski definition) is 1. The van der Waals surface area contributed by atoms with Crippen molar-refractivity contribution in [2.45, 2.75) is 65.0 Å². The smallest absolute Gasteiger partial charge is 0.0538 e. The number of likely N-dealkylation sites (tertiary alicyclic amines) is 1. The van der Waals surface area contributed by atoms with Crippen molar-refractivity contribution < 1.29 is 5.11 Å². The van der Waals surface area contributed by atoms with Crippen LogP contribution < -0.4 is 0 Å². The van der Waals surface area contributed by atoms with Gasteiger partial charge in [0, 0.05) is 6.04 Å². The van der Waals surface area contributed by atoms with Crippen LogP contribution in [0, 0.1) is 5.92 Å². The summed E-state index contributed by atoms with van der Waals surface area (Å²) in [6.07, 6.45) is 5.67. The van der Waals surface area contributed by atoms with E-state index in [9.17, 15) is 5.11 Å². The summed E-state index contributed by atoms with van der Waals surface area (Å²) in [6, 6.07) is 0.795. The van der Waals surface area contributed by atoms with Crippen molar-refractivity contribution >= 4 is 0 Å². The normalized spacial score (nSPS) is 25.0. The molecule has 2 heteroatoms. The quantitative estimate of drug-likeness (QED) is 0.733. The van der Waals surface area contributed by atoms with Gasteiger partial charge < -0.3 is 10.0 Å². The molecule has 15 heavy (non-hydrogen) atoms. The molecule has 0 spiro atoms. The minimum absolute atomic E-state index is 0.0786. The van der Waals surface area contributed by atoms with E-state index >= 15 is 0 Å². The molecule has 2 atom stereocenters. The molecule has 0 aromatic rings. The van der Waals surface area contributed by atoms with Crippen molar-refractivity contribution in [1.29, 1.82) is 0 Å². The number of aliphatic hydroxyl groups excluding tert-OH is 1. The lowest BCUT2D eigenvalue weighted by Gasteiger charge is -2.27. The lowest BCUT2D eigenvalue weighted by Crippen LogP contribution is -2.34. The second-order valence-corrected chi connectivity index (χ2v) is 5.19. The van der Waals surface area contributed by atoms with Crippen LogP contribution in [-0.4, -0.2) is 35.2 Å². The Kier molecular flexibility index (Phi) is 5.62. The standard InChI is InChI=1S/C13H27NO/c1-4-12(15)7-5-9-14-10-6-8-13(14)11(2)3/h11-13,15H,4-10H2,1-3H3. The maximum atomic E-state index is 9.49. The lowest BCUT2D eigenvalue weighted by atomic mass is 10.0. The second-order valence-electron chi connectivity index (χ2n) is 5.19. The summed E-state index contributed by atoms with van der Waals surface area (Å²) in [4.78, 5) is 2.62. The Labute approximate surface area is 94.7 Å². The van der Waals surface area contributed by atoms with E-state index in [0.29, 0.717) is 0 Å². The van der Waals surface area contributed by atoms with E-state index in [1.807, 2.05) is 0 Å². The molecule has 90 valence electrons. The predicted octanol–water partition coefficient (Wildman–Crippen LogP) is 2.66. The topological polar surface area (TPSA) is 23.5 Å². The van der Waals surface area contributed by atoms with Gasteiger partial charge in [0.2, 0.25) is 0 Å². The molecule has 1 fully saturated rings. The minimum Gasteiger partial charge on any atom is -0.393 e. The Bertz CT molecular complexity index is 170. The Hall–Kier alpha value is -0.0800. The van der Waals surface area contributed by atoms with Crippen molar-refractivity contribution in [3.8, 4) is 0 Å². The molecule has 0 saturated carbocycles. The highest BCUT2D eigenvalue weighted by Crippen LogP contribution is 2.23. The third-order valence-electron chi connectivity index (χ3n) is 3.64. The molecule has 1 heterocycles. The number of rotatable bonds is 6. The molecular formula is C13H27NO. The van der Waals surface area contributed by atoms with E-state index in [2.05, 4.69) is 25.7 Å². The van der Waals surface area contributed by atoms with Crippen LogP contribution >= 0.6 is 0 Å². The van der Waals surface area contributed by atoms with Crippen LogP contribution in [0.5, 0.6) is 0 Å². The Morgan fingerprint density at radius 3 is 2.73 bits per heavy atom. The molecule has 2 nitrogen and oxygen atoms in total. The summed E-state index contributed by atoms with van der Waals surface area (Å²) in [6.45, 7) is 9.15. The number of hydrogen-bond acceptors (Lipinski definition) is 2. The molecule has 0 aliphatic carbocycles. The Morgan fingerprint density at radius 2 is 2.13 bits per heavy atom. The average Bonchev–Trinajstić information content (AvgIpc) is 2.65. The first-order chi connectivity index (χ1) is 7.15. The maximum absolute atomic E-state index is 9.49. The average molecular weight is 213 g/mol. The van der Waals surface area contributed by atoms with E-state index < -0.39 is 0 Å². The Morgan fingerprint density at radius 1 is 1.40 bits per heavy atom. The highest BCUT2D eigenvalue weighted by molar-refractivity contribution is 4.81. The van der Waals surface area contributed by atoms with Gasteiger partial charge in [0.05, 0.1) is 6.10 Å². The zero-order valence-corrected chi connectivity index (χ0v) is 10.6. The van der Waals surface area contributed by atoms with Crippen molar-refractivity contribution in [1.82, 2.24) is 4.90 Å². The largest absolute Gasteiger partial charge is 0.393 e. The van der Waals surface area contributed by atoms with Crippen LogP contribution in [0.15, 0.2) is 0 Å². The molecule has 0 aromatic carbocycles. The number of aliphatic hydroxyl groups is 1. The fraction of sp³-hybridized carbons (Fsp3) is 1.00. The van der Waals surface area contributed by atoms with Gasteiger partial charge in [-0.3, -0.25) is 0 Å². The van der Waals surface area contributed by atoms with Crippen LogP contribution in [0.2, 0.25) is 0 Å². The summed E-state index contributed by atoms with van der Waals surface area (Å²) in [5, 5.41) is 9.49. The summed E-state index contributed by atoms with van der Waals surface area (Å²) in [7, 11) is 0. The van der Waals surface area contributed by atoms with E-state index in [-0.39, 0.29) is 6.10 Å². The summed E-state index contributed by atoms with van der Waals surface area (Å²) < 4.78 is 0. The van der Waals surface area contributed by atoms with E-state index in [1.54, 1.807) is 0 Å². The first-order valence-electron chi connectivity index (χ1n) is 6.57. The van der Waals surface area contributed by atoms with E-state index in [1.165, 1.54) is 25.9 Å². The molecule has 0 bridgehead atoms. The molecule has 0 amide bonds. The van der Waals surface area contributed by atoms with E-state index in [0.717, 1.165) is 31.2 Å². The van der Waals surface area contributed by atoms with Crippen molar-refractivity contribution in [2.24, 2.45) is 5.92 Å². The van der Waals surface area contributed by atoms with Crippen molar-refractivity contribution in [3.05, 3.63) is 0 Å². The van der Waals surface area contributed by atoms with Crippen molar-refractivity contribution in [2.75, 3.05) is 13.1 Å². The predicted molar refractivity (Wildman–Crippen MR) is 65.0 cm³/mol. The summed E-state index contributed by atoms with van der Waals surface area (Å²) in [5.74, 6) is 0.781. The first kappa shape index (κ1) is 13.0. The molecule has 1 aliphatic rings.